The van der Waals surface area contributed by atoms with E-state index in [2.05, 4.69) is 21.0 Å². The standard InChI is InChI=1S/C17H17N5O/c1-22-15(23)17(21-16(22)18)6-2-3-11-4-5-12(7-14(11)17)13-8-19-10-20-9-13/h4-5,7-10H,2-3,6H2,1H3,(H2,18,21). The van der Waals surface area contributed by atoms with E-state index in [0.717, 1.165) is 35.1 Å². The van der Waals surface area contributed by atoms with E-state index in [9.17, 15) is 4.79 Å². The van der Waals surface area contributed by atoms with Crippen molar-refractivity contribution in [3.05, 3.63) is 48.0 Å². The molecule has 1 aromatic carbocycles. The Hall–Kier alpha value is -2.76. The van der Waals surface area contributed by atoms with Crippen LogP contribution < -0.4 is 5.73 Å². The molecule has 6 nitrogen and oxygen atoms in total. The normalized spacial score (nSPS) is 23.1. The van der Waals surface area contributed by atoms with Crippen molar-refractivity contribution in [2.45, 2.75) is 24.8 Å². The second-order valence-electron chi connectivity index (χ2n) is 6.05. The predicted octanol–water partition coefficient (Wildman–Crippen LogP) is 1.46. The molecule has 1 aromatic heterocycles. The summed E-state index contributed by atoms with van der Waals surface area (Å²) < 4.78 is 0. The Labute approximate surface area is 134 Å². The van der Waals surface area contributed by atoms with Gasteiger partial charge in [0.25, 0.3) is 5.91 Å². The lowest BCUT2D eigenvalue weighted by Crippen LogP contribution is -2.42. The third-order valence-corrected chi connectivity index (χ3v) is 4.74. The molecule has 2 N–H and O–H groups in total. The van der Waals surface area contributed by atoms with Crippen LogP contribution in [0.3, 0.4) is 0 Å². The van der Waals surface area contributed by atoms with Crippen molar-refractivity contribution in [3.63, 3.8) is 0 Å². The van der Waals surface area contributed by atoms with Crippen LogP contribution in [0.2, 0.25) is 0 Å². The maximum atomic E-state index is 12.8. The summed E-state index contributed by atoms with van der Waals surface area (Å²) in [7, 11) is 1.68. The topological polar surface area (TPSA) is 84.5 Å². The van der Waals surface area contributed by atoms with Crippen molar-refractivity contribution < 1.29 is 4.79 Å². The SMILES string of the molecule is CN1C(=O)C2(CCCc3ccc(-c4cncnc4)cc32)N=C1N. The van der Waals surface area contributed by atoms with E-state index >= 15 is 0 Å². The Morgan fingerprint density at radius 3 is 2.70 bits per heavy atom. The van der Waals surface area contributed by atoms with Crippen molar-refractivity contribution in [2.75, 3.05) is 7.05 Å². The van der Waals surface area contributed by atoms with Crippen LogP contribution in [0.25, 0.3) is 11.1 Å². The van der Waals surface area contributed by atoms with Gasteiger partial charge >= 0.3 is 0 Å². The number of fused-ring (bicyclic) bond motifs is 2. The first-order valence-electron chi connectivity index (χ1n) is 7.64. The Balaban J connectivity index is 1.90. The van der Waals surface area contributed by atoms with Gasteiger partial charge in [-0.2, -0.15) is 0 Å². The molecule has 2 aliphatic rings. The van der Waals surface area contributed by atoms with E-state index < -0.39 is 5.54 Å². The molecule has 23 heavy (non-hydrogen) atoms. The fourth-order valence-electron chi connectivity index (χ4n) is 3.51. The first kappa shape index (κ1) is 13.9. The highest BCUT2D eigenvalue weighted by molar-refractivity contribution is 6.07. The first-order chi connectivity index (χ1) is 11.1. The van der Waals surface area contributed by atoms with Crippen LogP contribution >= 0.6 is 0 Å². The summed E-state index contributed by atoms with van der Waals surface area (Å²) in [6.45, 7) is 0. The maximum absolute atomic E-state index is 12.8. The van der Waals surface area contributed by atoms with Crippen molar-refractivity contribution in [1.82, 2.24) is 14.9 Å². The average molecular weight is 307 g/mol. The van der Waals surface area contributed by atoms with Gasteiger partial charge < -0.3 is 5.73 Å². The van der Waals surface area contributed by atoms with Gasteiger partial charge in [-0.1, -0.05) is 12.1 Å². The number of aliphatic imine (C=N–C) groups is 1. The molecule has 1 amide bonds. The number of nitrogens with zero attached hydrogens (tertiary/aromatic N) is 4. The second kappa shape index (κ2) is 4.87. The lowest BCUT2D eigenvalue weighted by molar-refractivity contribution is -0.131. The Kier molecular flexibility index (Phi) is 2.94. The van der Waals surface area contributed by atoms with Crippen LogP contribution in [0.15, 0.2) is 41.9 Å². The molecule has 1 spiro atoms. The van der Waals surface area contributed by atoms with Crippen molar-refractivity contribution in [2.24, 2.45) is 10.7 Å². The number of hydrogen-bond donors (Lipinski definition) is 1. The molecule has 6 heteroatoms. The zero-order valence-corrected chi connectivity index (χ0v) is 12.9. The predicted molar refractivity (Wildman–Crippen MR) is 86.5 cm³/mol. The number of aryl methyl sites for hydroxylation is 1. The zero-order valence-electron chi connectivity index (χ0n) is 12.9. The van der Waals surface area contributed by atoms with Crippen molar-refractivity contribution >= 4 is 11.9 Å². The molecule has 1 aliphatic heterocycles. The summed E-state index contributed by atoms with van der Waals surface area (Å²) in [4.78, 5) is 27.0. The summed E-state index contributed by atoms with van der Waals surface area (Å²) in [5.74, 6) is 0.244. The number of guanidine groups is 1. The molecule has 0 radical (unpaired) electrons. The summed E-state index contributed by atoms with van der Waals surface area (Å²) in [5.41, 5.74) is 9.09. The third-order valence-electron chi connectivity index (χ3n) is 4.74. The van der Waals surface area contributed by atoms with E-state index in [1.165, 1.54) is 11.2 Å². The van der Waals surface area contributed by atoms with Gasteiger partial charge in [0.2, 0.25) is 0 Å². The van der Waals surface area contributed by atoms with Gasteiger partial charge in [0.05, 0.1) is 0 Å². The molecule has 4 rings (SSSR count). The van der Waals surface area contributed by atoms with Crippen LogP contribution in [0.5, 0.6) is 0 Å². The van der Waals surface area contributed by atoms with E-state index in [4.69, 9.17) is 5.73 Å². The number of likely N-dealkylation sites (N-methyl/N-ethyl adjacent to an activating group) is 1. The Morgan fingerprint density at radius 1 is 1.22 bits per heavy atom. The smallest absolute Gasteiger partial charge is 0.261 e. The van der Waals surface area contributed by atoms with Crippen molar-refractivity contribution in [1.29, 1.82) is 0 Å². The summed E-state index contributed by atoms with van der Waals surface area (Å²) in [6, 6.07) is 6.17. The van der Waals surface area contributed by atoms with Gasteiger partial charge in [-0.05, 0) is 42.0 Å². The van der Waals surface area contributed by atoms with Gasteiger partial charge in [-0.25, -0.2) is 15.0 Å². The molecule has 1 aliphatic carbocycles. The van der Waals surface area contributed by atoms with Gasteiger partial charge in [-0.3, -0.25) is 9.69 Å². The highest BCUT2D eigenvalue weighted by Crippen LogP contribution is 2.43. The average Bonchev–Trinajstić information content (AvgIpc) is 2.80. The molecule has 116 valence electrons. The molecule has 2 heterocycles. The summed E-state index contributed by atoms with van der Waals surface area (Å²) in [6.07, 6.45) is 7.61. The van der Waals surface area contributed by atoms with E-state index in [1.807, 2.05) is 12.1 Å². The number of aromatic nitrogens is 2. The van der Waals surface area contributed by atoms with Gasteiger partial charge in [0.1, 0.15) is 6.33 Å². The molecular formula is C17H17N5O. The second-order valence-corrected chi connectivity index (χ2v) is 6.05. The molecule has 0 saturated carbocycles. The summed E-state index contributed by atoms with van der Waals surface area (Å²) in [5, 5.41) is 0. The van der Waals surface area contributed by atoms with E-state index in [0.29, 0.717) is 6.42 Å². The Bertz CT molecular complexity index is 817. The minimum atomic E-state index is -0.863. The quantitative estimate of drug-likeness (QED) is 0.864. The van der Waals surface area contributed by atoms with Gasteiger partial charge in [-0.15, -0.1) is 0 Å². The third kappa shape index (κ3) is 1.94. The number of nitrogens with two attached hydrogens (primary N) is 1. The highest BCUT2D eigenvalue weighted by atomic mass is 16.2. The van der Waals surface area contributed by atoms with Crippen LogP contribution in [0.4, 0.5) is 0 Å². The molecular weight excluding hydrogens is 290 g/mol. The van der Waals surface area contributed by atoms with Crippen LogP contribution in [0, 0.1) is 0 Å². The molecule has 0 saturated heterocycles. The fraction of sp³-hybridized carbons (Fsp3) is 0.294. The van der Waals surface area contributed by atoms with E-state index in [-0.39, 0.29) is 11.9 Å². The fourth-order valence-corrected chi connectivity index (χ4v) is 3.51. The molecule has 2 aromatic rings. The lowest BCUT2D eigenvalue weighted by atomic mass is 9.75. The van der Waals surface area contributed by atoms with Crippen LogP contribution in [-0.4, -0.2) is 33.8 Å². The monoisotopic (exact) mass is 307 g/mol. The molecule has 0 bridgehead atoms. The van der Waals surface area contributed by atoms with Gasteiger partial charge in [0, 0.05) is 25.0 Å². The van der Waals surface area contributed by atoms with E-state index in [1.54, 1.807) is 19.4 Å². The number of carbonyl (C=O) groups is 1. The largest absolute Gasteiger partial charge is 0.369 e. The first-order valence-corrected chi connectivity index (χ1v) is 7.64. The molecule has 1 unspecified atom stereocenters. The number of hydrogen-bond acceptors (Lipinski definition) is 5. The number of amides is 1. The highest BCUT2D eigenvalue weighted by Gasteiger charge is 2.49. The van der Waals surface area contributed by atoms with Crippen LogP contribution in [-0.2, 0) is 16.8 Å². The summed E-state index contributed by atoms with van der Waals surface area (Å²) >= 11 is 0. The van der Waals surface area contributed by atoms with Crippen molar-refractivity contribution in [3.8, 4) is 11.1 Å². The zero-order chi connectivity index (χ0) is 16.0. The lowest BCUT2D eigenvalue weighted by Gasteiger charge is -2.32. The molecule has 0 fully saturated rings. The number of rotatable bonds is 1. The maximum Gasteiger partial charge on any atom is 0.261 e. The minimum absolute atomic E-state index is 0.0441. The van der Waals surface area contributed by atoms with Crippen LogP contribution in [0.1, 0.15) is 24.0 Å². The Morgan fingerprint density at radius 2 is 2.00 bits per heavy atom. The van der Waals surface area contributed by atoms with Gasteiger partial charge in [0.15, 0.2) is 11.5 Å². The number of carbonyl (C=O) groups excluding carboxylic acids is 1. The molecule has 1 atom stereocenters. The minimum Gasteiger partial charge on any atom is -0.369 e. The number of benzene rings is 1.